The number of methoxy groups -OCH3 is 1. The molecular formula is C16H16N2O. The minimum atomic E-state index is 0.0281. The Morgan fingerprint density at radius 2 is 2.00 bits per heavy atom. The van der Waals surface area contributed by atoms with E-state index in [1.54, 1.807) is 13.3 Å². The Morgan fingerprint density at radius 1 is 1.16 bits per heavy atom. The standard InChI is InChI=1S/C16H16N2O/c1-19-16(11-18-10-9-17-12-18)15-8-4-6-13-5-2-3-7-14(13)15/h2-10,12,16H,11H2,1H3. The second kappa shape index (κ2) is 5.24. The van der Waals surface area contributed by atoms with Gasteiger partial charge in [0.05, 0.1) is 12.9 Å². The number of fused-ring (bicyclic) bond motifs is 1. The highest BCUT2D eigenvalue weighted by molar-refractivity contribution is 5.85. The van der Waals surface area contributed by atoms with E-state index in [0.29, 0.717) is 0 Å². The van der Waals surface area contributed by atoms with Crippen LogP contribution in [0.15, 0.2) is 61.2 Å². The van der Waals surface area contributed by atoms with E-state index in [2.05, 4.69) is 47.4 Å². The van der Waals surface area contributed by atoms with Crippen LogP contribution in [-0.2, 0) is 11.3 Å². The van der Waals surface area contributed by atoms with Crippen LogP contribution >= 0.6 is 0 Å². The van der Waals surface area contributed by atoms with Crippen LogP contribution in [0.3, 0.4) is 0 Å². The third kappa shape index (κ3) is 2.37. The molecule has 0 aliphatic heterocycles. The number of rotatable bonds is 4. The molecule has 0 spiro atoms. The van der Waals surface area contributed by atoms with Crippen LogP contribution in [0.2, 0.25) is 0 Å². The molecule has 1 heterocycles. The fraction of sp³-hybridized carbons (Fsp3) is 0.188. The Morgan fingerprint density at radius 3 is 2.79 bits per heavy atom. The maximum atomic E-state index is 5.67. The lowest BCUT2D eigenvalue weighted by molar-refractivity contribution is 0.0890. The molecule has 0 radical (unpaired) electrons. The van der Waals surface area contributed by atoms with E-state index in [1.807, 2.05) is 17.1 Å². The van der Waals surface area contributed by atoms with Crippen molar-refractivity contribution in [3.8, 4) is 0 Å². The molecule has 3 rings (SSSR count). The van der Waals surface area contributed by atoms with Crippen LogP contribution in [0.25, 0.3) is 10.8 Å². The minimum Gasteiger partial charge on any atom is -0.375 e. The largest absolute Gasteiger partial charge is 0.375 e. The Balaban J connectivity index is 2.01. The first kappa shape index (κ1) is 11.9. The third-order valence-electron chi connectivity index (χ3n) is 3.39. The molecule has 1 atom stereocenters. The minimum absolute atomic E-state index is 0.0281. The maximum Gasteiger partial charge on any atom is 0.101 e. The SMILES string of the molecule is COC(Cn1ccnc1)c1cccc2ccccc12. The van der Waals surface area contributed by atoms with Gasteiger partial charge in [0.2, 0.25) is 0 Å². The Kier molecular flexibility index (Phi) is 3.29. The molecule has 96 valence electrons. The molecular weight excluding hydrogens is 236 g/mol. The van der Waals surface area contributed by atoms with Gasteiger partial charge in [0.1, 0.15) is 6.10 Å². The zero-order valence-corrected chi connectivity index (χ0v) is 10.9. The van der Waals surface area contributed by atoms with Gasteiger partial charge in [-0.25, -0.2) is 4.98 Å². The molecule has 2 aromatic carbocycles. The van der Waals surface area contributed by atoms with Gasteiger partial charge in [0.25, 0.3) is 0 Å². The van der Waals surface area contributed by atoms with Gasteiger partial charge in [-0.05, 0) is 16.3 Å². The highest BCUT2D eigenvalue weighted by Crippen LogP contribution is 2.27. The van der Waals surface area contributed by atoms with Crippen molar-refractivity contribution in [2.75, 3.05) is 7.11 Å². The van der Waals surface area contributed by atoms with Crippen molar-refractivity contribution in [1.82, 2.24) is 9.55 Å². The van der Waals surface area contributed by atoms with Gasteiger partial charge < -0.3 is 9.30 Å². The molecule has 3 aromatic rings. The molecule has 1 aromatic heterocycles. The highest BCUT2D eigenvalue weighted by atomic mass is 16.5. The Hall–Kier alpha value is -2.13. The summed E-state index contributed by atoms with van der Waals surface area (Å²) in [5, 5.41) is 2.49. The second-order valence-corrected chi connectivity index (χ2v) is 4.55. The molecule has 0 saturated heterocycles. The number of nitrogens with zero attached hydrogens (tertiary/aromatic N) is 2. The molecule has 0 aliphatic rings. The topological polar surface area (TPSA) is 27.1 Å². The van der Waals surface area contributed by atoms with Crippen LogP contribution in [0.1, 0.15) is 11.7 Å². The van der Waals surface area contributed by atoms with E-state index in [0.717, 1.165) is 6.54 Å². The Bertz CT molecular complexity index is 656. The van der Waals surface area contributed by atoms with Crippen LogP contribution in [-0.4, -0.2) is 16.7 Å². The lowest BCUT2D eigenvalue weighted by atomic mass is 10.0. The lowest BCUT2D eigenvalue weighted by Crippen LogP contribution is -2.10. The van der Waals surface area contributed by atoms with Crippen molar-refractivity contribution in [3.63, 3.8) is 0 Å². The molecule has 0 bridgehead atoms. The summed E-state index contributed by atoms with van der Waals surface area (Å²) < 4.78 is 7.71. The van der Waals surface area contributed by atoms with E-state index in [1.165, 1.54) is 16.3 Å². The smallest absolute Gasteiger partial charge is 0.101 e. The average Bonchev–Trinajstić information content (AvgIpc) is 2.97. The summed E-state index contributed by atoms with van der Waals surface area (Å²) in [5.41, 5.74) is 1.22. The van der Waals surface area contributed by atoms with E-state index >= 15 is 0 Å². The molecule has 0 fully saturated rings. The van der Waals surface area contributed by atoms with Crippen molar-refractivity contribution in [2.45, 2.75) is 12.6 Å². The summed E-state index contributed by atoms with van der Waals surface area (Å²) in [5.74, 6) is 0. The van der Waals surface area contributed by atoms with Gasteiger partial charge in [0, 0.05) is 19.5 Å². The molecule has 0 aliphatic carbocycles. The van der Waals surface area contributed by atoms with Crippen LogP contribution in [0.5, 0.6) is 0 Å². The summed E-state index contributed by atoms with van der Waals surface area (Å²) >= 11 is 0. The van der Waals surface area contributed by atoms with E-state index < -0.39 is 0 Å². The van der Waals surface area contributed by atoms with Crippen LogP contribution < -0.4 is 0 Å². The predicted octanol–water partition coefficient (Wildman–Crippen LogP) is 3.42. The fourth-order valence-electron chi connectivity index (χ4n) is 2.42. The quantitative estimate of drug-likeness (QED) is 0.711. The van der Waals surface area contributed by atoms with Gasteiger partial charge in [-0.1, -0.05) is 42.5 Å². The van der Waals surface area contributed by atoms with Crippen molar-refractivity contribution in [3.05, 3.63) is 66.7 Å². The summed E-state index contributed by atoms with van der Waals surface area (Å²) in [7, 11) is 1.75. The average molecular weight is 252 g/mol. The van der Waals surface area contributed by atoms with E-state index in [9.17, 15) is 0 Å². The first-order chi connectivity index (χ1) is 9.38. The van der Waals surface area contributed by atoms with Crippen molar-refractivity contribution < 1.29 is 4.74 Å². The molecule has 19 heavy (non-hydrogen) atoms. The number of hydrogen-bond acceptors (Lipinski definition) is 2. The normalized spacial score (nSPS) is 12.7. The van der Waals surface area contributed by atoms with E-state index in [4.69, 9.17) is 4.74 Å². The van der Waals surface area contributed by atoms with Crippen molar-refractivity contribution in [2.24, 2.45) is 0 Å². The van der Waals surface area contributed by atoms with Gasteiger partial charge in [-0.3, -0.25) is 0 Å². The lowest BCUT2D eigenvalue weighted by Gasteiger charge is -2.18. The number of hydrogen-bond donors (Lipinski definition) is 0. The zero-order valence-electron chi connectivity index (χ0n) is 10.9. The van der Waals surface area contributed by atoms with Crippen molar-refractivity contribution >= 4 is 10.8 Å². The van der Waals surface area contributed by atoms with Gasteiger partial charge in [0.15, 0.2) is 0 Å². The first-order valence-electron chi connectivity index (χ1n) is 6.34. The van der Waals surface area contributed by atoms with Gasteiger partial charge in [-0.15, -0.1) is 0 Å². The number of imidazole rings is 1. The first-order valence-corrected chi connectivity index (χ1v) is 6.34. The molecule has 3 heteroatoms. The number of benzene rings is 2. The summed E-state index contributed by atoms with van der Waals surface area (Å²) in [6, 6.07) is 14.7. The molecule has 1 unspecified atom stereocenters. The zero-order chi connectivity index (χ0) is 13.1. The third-order valence-corrected chi connectivity index (χ3v) is 3.39. The van der Waals surface area contributed by atoms with Crippen LogP contribution in [0.4, 0.5) is 0 Å². The van der Waals surface area contributed by atoms with Gasteiger partial charge >= 0.3 is 0 Å². The van der Waals surface area contributed by atoms with E-state index in [-0.39, 0.29) is 6.10 Å². The summed E-state index contributed by atoms with van der Waals surface area (Å²) in [6.45, 7) is 0.768. The van der Waals surface area contributed by atoms with Crippen molar-refractivity contribution in [1.29, 1.82) is 0 Å². The summed E-state index contributed by atoms with van der Waals surface area (Å²) in [4.78, 5) is 4.07. The second-order valence-electron chi connectivity index (χ2n) is 4.55. The molecule has 3 nitrogen and oxygen atoms in total. The Labute approximate surface area is 112 Å². The summed E-state index contributed by atoms with van der Waals surface area (Å²) in [6.07, 6.45) is 5.59. The number of aromatic nitrogens is 2. The number of ether oxygens (including phenoxy) is 1. The fourth-order valence-corrected chi connectivity index (χ4v) is 2.42. The molecule has 0 N–H and O–H groups in total. The monoisotopic (exact) mass is 252 g/mol. The predicted molar refractivity (Wildman–Crippen MR) is 75.9 cm³/mol. The van der Waals surface area contributed by atoms with Gasteiger partial charge in [-0.2, -0.15) is 0 Å². The van der Waals surface area contributed by atoms with Crippen LogP contribution in [0, 0.1) is 0 Å². The molecule has 0 amide bonds. The molecule has 0 saturated carbocycles. The highest BCUT2D eigenvalue weighted by Gasteiger charge is 2.13. The maximum absolute atomic E-state index is 5.67.